The van der Waals surface area contributed by atoms with Gasteiger partial charge in [0.1, 0.15) is 17.7 Å². The van der Waals surface area contributed by atoms with Crippen LogP contribution in [0.4, 0.5) is 10.2 Å². The molecule has 206 valence electrons. The van der Waals surface area contributed by atoms with E-state index in [0.717, 1.165) is 74.1 Å². The third-order valence-corrected chi connectivity index (χ3v) is 8.41. The number of hydrogen-bond donors (Lipinski definition) is 2. The van der Waals surface area contributed by atoms with Gasteiger partial charge in [0.05, 0.1) is 18.8 Å². The van der Waals surface area contributed by atoms with Crippen molar-refractivity contribution in [3.05, 3.63) is 58.0 Å². The minimum absolute atomic E-state index is 0.0621. The Hall–Kier alpha value is -2.55. The van der Waals surface area contributed by atoms with Crippen molar-refractivity contribution in [3.63, 3.8) is 0 Å². The van der Waals surface area contributed by atoms with Crippen LogP contribution in [0, 0.1) is 5.82 Å². The number of ether oxygens (including phenoxy) is 2. The molecule has 1 fully saturated rings. The van der Waals surface area contributed by atoms with Gasteiger partial charge in [-0.05, 0) is 112 Å². The number of aromatic nitrogens is 1. The lowest BCUT2D eigenvalue weighted by atomic mass is 9.88. The molecule has 38 heavy (non-hydrogen) atoms. The Labute approximate surface area is 224 Å². The van der Waals surface area contributed by atoms with Gasteiger partial charge in [-0.25, -0.2) is 9.37 Å². The zero-order chi connectivity index (χ0) is 26.6. The number of nitrogens with zero attached hydrogens (tertiary/aromatic N) is 2. The van der Waals surface area contributed by atoms with E-state index in [9.17, 15) is 14.3 Å². The second-order valence-corrected chi connectivity index (χ2v) is 11.0. The van der Waals surface area contributed by atoms with E-state index in [-0.39, 0.29) is 24.1 Å². The van der Waals surface area contributed by atoms with Crippen LogP contribution in [-0.4, -0.2) is 59.9 Å². The van der Waals surface area contributed by atoms with Crippen LogP contribution in [0.1, 0.15) is 85.5 Å². The van der Waals surface area contributed by atoms with Crippen molar-refractivity contribution in [1.29, 1.82) is 0 Å². The van der Waals surface area contributed by atoms with E-state index in [1.54, 1.807) is 0 Å². The molecule has 2 aliphatic heterocycles. The summed E-state index contributed by atoms with van der Waals surface area (Å²) in [4.78, 5) is 19.2. The first-order valence-electron chi connectivity index (χ1n) is 14.1. The van der Waals surface area contributed by atoms with Crippen molar-refractivity contribution in [1.82, 2.24) is 9.88 Å². The fourth-order valence-corrected chi connectivity index (χ4v) is 6.40. The molecular weight excluding hydrogens is 485 g/mol. The van der Waals surface area contributed by atoms with E-state index in [1.165, 1.54) is 24.1 Å². The number of aryl methyl sites for hydroxylation is 2. The maximum absolute atomic E-state index is 14.5. The summed E-state index contributed by atoms with van der Waals surface area (Å²) in [7, 11) is 1.85. The van der Waals surface area contributed by atoms with Crippen molar-refractivity contribution in [2.24, 2.45) is 0 Å². The van der Waals surface area contributed by atoms with Gasteiger partial charge in [-0.15, -0.1) is 0 Å². The number of rotatable bonds is 10. The quantitative estimate of drug-likeness (QED) is 0.411. The Bertz CT molecular complexity index is 1140. The van der Waals surface area contributed by atoms with Gasteiger partial charge in [-0.2, -0.15) is 0 Å². The lowest BCUT2D eigenvalue weighted by Gasteiger charge is -2.34. The highest BCUT2D eigenvalue weighted by Crippen LogP contribution is 2.38. The summed E-state index contributed by atoms with van der Waals surface area (Å²) in [5.41, 5.74) is 4.63. The summed E-state index contributed by atoms with van der Waals surface area (Å²) < 4.78 is 26.5. The van der Waals surface area contributed by atoms with Crippen LogP contribution in [0.15, 0.2) is 24.3 Å². The van der Waals surface area contributed by atoms with Crippen LogP contribution in [0.2, 0.25) is 0 Å². The lowest BCUT2D eigenvalue weighted by molar-refractivity contribution is -0.144. The molecule has 2 aromatic rings. The van der Waals surface area contributed by atoms with Gasteiger partial charge in [0.15, 0.2) is 0 Å². The first-order chi connectivity index (χ1) is 18.4. The number of anilines is 1. The molecule has 1 saturated carbocycles. The highest BCUT2D eigenvalue weighted by molar-refractivity contribution is 5.76. The lowest BCUT2D eigenvalue weighted by Crippen LogP contribution is -2.39. The highest BCUT2D eigenvalue weighted by Gasteiger charge is 2.38. The van der Waals surface area contributed by atoms with Crippen LogP contribution in [0.25, 0.3) is 0 Å². The molecule has 1 aliphatic carbocycles. The minimum Gasteiger partial charge on any atom is -0.480 e. The van der Waals surface area contributed by atoms with Crippen LogP contribution in [0.5, 0.6) is 0 Å². The number of nitrogens with one attached hydrogen (secondary N) is 1. The van der Waals surface area contributed by atoms with Crippen molar-refractivity contribution in [3.8, 4) is 0 Å². The molecule has 0 amide bonds. The molecule has 0 bridgehead atoms. The first kappa shape index (κ1) is 27.0. The van der Waals surface area contributed by atoms with Gasteiger partial charge in [0.25, 0.3) is 0 Å². The smallest absolute Gasteiger partial charge is 0.325 e. The van der Waals surface area contributed by atoms with Gasteiger partial charge in [-0.3, -0.25) is 9.69 Å². The summed E-state index contributed by atoms with van der Waals surface area (Å²) >= 11 is 0. The van der Waals surface area contributed by atoms with Crippen LogP contribution < -0.4 is 5.32 Å². The molecule has 0 saturated heterocycles. The third kappa shape index (κ3) is 6.03. The second-order valence-electron chi connectivity index (χ2n) is 11.0. The minimum atomic E-state index is -0.964. The number of aliphatic carboxylic acids is 1. The van der Waals surface area contributed by atoms with Crippen molar-refractivity contribution in [2.75, 3.05) is 32.1 Å². The molecule has 4 atom stereocenters. The number of pyridine rings is 1. The molecule has 1 aromatic carbocycles. The molecule has 7 nitrogen and oxygen atoms in total. The molecule has 8 heteroatoms. The van der Waals surface area contributed by atoms with Gasteiger partial charge in [0.2, 0.25) is 0 Å². The molecule has 5 rings (SSSR count). The SMILES string of the molecule is C[C@H]1OCCc2cc(F)cc(C(C(=O)O)N(C)[C@H]3CC[C@H](OCCCCc4ccc5c(n4)NCCC5)C3)c21. The summed E-state index contributed by atoms with van der Waals surface area (Å²) in [5, 5.41) is 13.6. The number of carboxylic acids is 1. The Morgan fingerprint density at radius 3 is 2.97 bits per heavy atom. The Morgan fingerprint density at radius 2 is 2.13 bits per heavy atom. The zero-order valence-corrected chi connectivity index (χ0v) is 22.5. The Morgan fingerprint density at radius 1 is 1.26 bits per heavy atom. The van der Waals surface area contributed by atoms with E-state index in [2.05, 4.69) is 17.4 Å². The Balaban J connectivity index is 1.13. The number of carboxylic acid groups (broad SMARTS) is 1. The zero-order valence-electron chi connectivity index (χ0n) is 22.5. The monoisotopic (exact) mass is 525 g/mol. The number of carbonyl (C=O) groups is 1. The molecule has 1 aromatic heterocycles. The van der Waals surface area contributed by atoms with Crippen molar-refractivity contribution < 1.29 is 23.8 Å². The summed E-state index contributed by atoms with van der Waals surface area (Å²) in [6, 6.07) is 6.39. The predicted molar refractivity (Wildman–Crippen MR) is 144 cm³/mol. The van der Waals surface area contributed by atoms with Crippen LogP contribution in [-0.2, 0) is 33.5 Å². The molecule has 0 radical (unpaired) electrons. The molecule has 1 unspecified atom stereocenters. The third-order valence-electron chi connectivity index (χ3n) is 8.41. The topological polar surface area (TPSA) is 83.9 Å². The Kier molecular flexibility index (Phi) is 8.61. The van der Waals surface area contributed by atoms with Gasteiger partial charge in [-0.1, -0.05) is 6.07 Å². The van der Waals surface area contributed by atoms with E-state index in [4.69, 9.17) is 14.5 Å². The standard InChI is InChI=1S/C30H40FN3O4/c1-19-27-21(12-15-37-19)16-22(31)17-26(27)28(30(35)36)34(2)24-10-11-25(18-24)38-14-4-3-7-23-9-8-20-6-5-13-32-29(20)33-23/h8-9,16-17,19,24-25,28H,3-7,10-15,18H2,1-2H3,(H,32,33)(H,35,36)/t19-,24+,25+,28?/m1/s1. The summed E-state index contributed by atoms with van der Waals surface area (Å²) in [6.45, 7) is 4.13. The molecule has 2 N–H and O–H groups in total. The first-order valence-corrected chi connectivity index (χ1v) is 14.1. The molecule has 3 heterocycles. The highest BCUT2D eigenvalue weighted by atomic mass is 19.1. The average molecular weight is 526 g/mol. The average Bonchev–Trinajstić information content (AvgIpc) is 3.37. The number of benzene rings is 1. The number of likely N-dealkylation sites (N-methyl/N-ethyl adjacent to an activating group) is 1. The predicted octanol–water partition coefficient (Wildman–Crippen LogP) is 5.23. The van der Waals surface area contributed by atoms with E-state index < -0.39 is 12.0 Å². The molecule has 0 spiro atoms. The second kappa shape index (κ2) is 12.1. The maximum atomic E-state index is 14.5. The fraction of sp³-hybridized carbons (Fsp3) is 0.600. The van der Waals surface area contributed by atoms with E-state index in [1.807, 2.05) is 18.9 Å². The van der Waals surface area contributed by atoms with Crippen molar-refractivity contribution >= 4 is 11.8 Å². The molecule has 3 aliphatic rings. The summed E-state index contributed by atoms with van der Waals surface area (Å²) in [5.74, 6) is -0.304. The van der Waals surface area contributed by atoms with Crippen LogP contribution in [0.3, 0.4) is 0 Å². The number of hydrogen-bond acceptors (Lipinski definition) is 6. The number of unbranched alkanes of at least 4 members (excludes halogenated alkanes) is 1. The van der Waals surface area contributed by atoms with Crippen LogP contribution >= 0.6 is 0 Å². The number of fused-ring (bicyclic) bond motifs is 2. The van der Waals surface area contributed by atoms with Crippen molar-refractivity contribution in [2.45, 2.75) is 89.0 Å². The van der Waals surface area contributed by atoms with E-state index in [0.29, 0.717) is 25.2 Å². The largest absolute Gasteiger partial charge is 0.480 e. The van der Waals surface area contributed by atoms with Gasteiger partial charge >= 0.3 is 5.97 Å². The maximum Gasteiger partial charge on any atom is 0.325 e. The molecular formula is C30H40FN3O4. The summed E-state index contributed by atoms with van der Waals surface area (Å²) in [6.07, 6.45) is 8.20. The van der Waals surface area contributed by atoms with E-state index >= 15 is 0 Å². The van der Waals surface area contributed by atoms with Gasteiger partial charge in [0, 0.05) is 24.9 Å². The van der Waals surface area contributed by atoms with Gasteiger partial charge < -0.3 is 19.9 Å². The normalized spacial score (nSPS) is 23.5. The fourth-order valence-electron chi connectivity index (χ4n) is 6.40. The number of halogens is 1.